The Balaban J connectivity index is 1.61. The van der Waals surface area contributed by atoms with Crippen LogP contribution in [0.3, 0.4) is 0 Å². The molecule has 0 fully saturated rings. The molecule has 4 rings (SSSR count). The van der Waals surface area contributed by atoms with Crippen molar-refractivity contribution < 1.29 is 9.90 Å². The van der Waals surface area contributed by atoms with E-state index in [0.29, 0.717) is 5.69 Å². The summed E-state index contributed by atoms with van der Waals surface area (Å²) < 4.78 is 2.03. The Morgan fingerprint density at radius 3 is 2.33 bits per heavy atom. The Kier molecular flexibility index (Phi) is 4.41. The zero-order valence-electron chi connectivity index (χ0n) is 14.4. The molecule has 0 saturated carbocycles. The van der Waals surface area contributed by atoms with Crippen LogP contribution in [0.2, 0.25) is 0 Å². The zero-order valence-corrected chi connectivity index (χ0v) is 14.4. The second kappa shape index (κ2) is 7.17. The molecular weight excluding hydrogens is 338 g/mol. The second-order valence-electron chi connectivity index (χ2n) is 6.01. The molecule has 5 nitrogen and oxygen atoms in total. The maximum Gasteiger partial charge on any atom is 0.337 e. The summed E-state index contributed by atoms with van der Waals surface area (Å²) in [5, 5.41) is 12.5. The topological polar surface area (TPSA) is 67.2 Å². The van der Waals surface area contributed by atoms with Gasteiger partial charge < -0.3 is 10.4 Å². The molecule has 0 aliphatic heterocycles. The molecule has 0 atom stereocenters. The van der Waals surface area contributed by atoms with Gasteiger partial charge >= 0.3 is 5.97 Å². The van der Waals surface area contributed by atoms with E-state index in [4.69, 9.17) is 0 Å². The first-order valence-electron chi connectivity index (χ1n) is 8.51. The van der Waals surface area contributed by atoms with Crippen LogP contribution in [0.25, 0.3) is 17.1 Å². The maximum atomic E-state index is 11.3. The smallest absolute Gasteiger partial charge is 0.337 e. The van der Waals surface area contributed by atoms with Crippen LogP contribution in [0.1, 0.15) is 10.4 Å². The van der Waals surface area contributed by atoms with Crippen molar-refractivity contribution in [3.63, 3.8) is 0 Å². The fraction of sp³-hybridized carbons (Fsp3) is 0. The van der Waals surface area contributed by atoms with Gasteiger partial charge in [-0.15, -0.1) is 0 Å². The number of carbonyl (C=O) groups is 1. The number of benzene rings is 3. The van der Waals surface area contributed by atoms with Crippen LogP contribution in [-0.4, -0.2) is 20.6 Å². The highest BCUT2D eigenvalue weighted by molar-refractivity contribution is 5.95. The molecule has 4 aromatic rings. The third-order valence-corrected chi connectivity index (χ3v) is 4.25. The Morgan fingerprint density at radius 2 is 1.59 bits per heavy atom. The molecule has 0 aliphatic carbocycles. The average Bonchev–Trinajstić information content (AvgIpc) is 3.19. The van der Waals surface area contributed by atoms with Crippen LogP contribution in [0.15, 0.2) is 91.3 Å². The molecule has 132 valence electrons. The summed E-state index contributed by atoms with van der Waals surface area (Å²) in [5.41, 5.74) is 3.62. The summed E-state index contributed by atoms with van der Waals surface area (Å²) in [4.78, 5) is 15.8. The quantitative estimate of drug-likeness (QED) is 0.530. The van der Waals surface area contributed by atoms with Gasteiger partial charge in [0.1, 0.15) is 5.82 Å². The van der Waals surface area contributed by atoms with Gasteiger partial charge in [0.05, 0.1) is 11.3 Å². The molecular formula is C22H17N3O2. The van der Waals surface area contributed by atoms with Crippen LogP contribution in [0.4, 0.5) is 11.4 Å². The Morgan fingerprint density at radius 1 is 0.889 bits per heavy atom. The first-order chi connectivity index (χ1) is 13.2. The van der Waals surface area contributed by atoms with E-state index in [2.05, 4.69) is 10.3 Å². The number of aromatic carboxylic acids is 1. The Hall–Kier alpha value is -3.86. The minimum absolute atomic E-state index is 0.237. The molecule has 0 unspecified atom stereocenters. The molecule has 5 heteroatoms. The number of carboxylic acids is 1. The molecule has 1 heterocycles. The predicted octanol–water partition coefficient (Wildman–Crippen LogP) is 4.98. The van der Waals surface area contributed by atoms with Gasteiger partial charge in [-0.3, -0.25) is 4.57 Å². The fourth-order valence-electron chi connectivity index (χ4n) is 2.95. The van der Waals surface area contributed by atoms with Crippen LogP contribution in [0.5, 0.6) is 0 Å². The van der Waals surface area contributed by atoms with Gasteiger partial charge in [0.15, 0.2) is 0 Å². The highest BCUT2D eigenvalue weighted by atomic mass is 16.4. The number of rotatable bonds is 5. The van der Waals surface area contributed by atoms with Crippen molar-refractivity contribution >= 4 is 17.3 Å². The molecule has 0 aliphatic rings. The fourth-order valence-corrected chi connectivity index (χ4v) is 2.95. The number of hydrogen-bond acceptors (Lipinski definition) is 3. The van der Waals surface area contributed by atoms with Crippen molar-refractivity contribution in [1.29, 1.82) is 0 Å². The van der Waals surface area contributed by atoms with Crippen molar-refractivity contribution in [1.82, 2.24) is 9.55 Å². The normalized spacial score (nSPS) is 10.5. The summed E-state index contributed by atoms with van der Waals surface area (Å²) >= 11 is 0. The van der Waals surface area contributed by atoms with E-state index in [0.717, 1.165) is 22.8 Å². The minimum Gasteiger partial charge on any atom is -0.478 e. The van der Waals surface area contributed by atoms with E-state index in [9.17, 15) is 9.90 Å². The molecule has 0 spiro atoms. The monoisotopic (exact) mass is 355 g/mol. The molecule has 0 radical (unpaired) electrons. The summed E-state index contributed by atoms with van der Waals surface area (Å²) in [6.07, 6.45) is 3.71. The SMILES string of the molecule is O=C(O)c1ccccc1Nc1ccc(-c2nccn2-c2ccccc2)cc1. The zero-order chi connectivity index (χ0) is 18.6. The predicted molar refractivity (Wildman–Crippen MR) is 106 cm³/mol. The van der Waals surface area contributed by atoms with Gasteiger partial charge in [-0.05, 0) is 48.5 Å². The van der Waals surface area contributed by atoms with E-state index in [1.807, 2.05) is 65.4 Å². The average molecular weight is 355 g/mol. The van der Waals surface area contributed by atoms with E-state index in [1.54, 1.807) is 30.5 Å². The third kappa shape index (κ3) is 3.43. The van der Waals surface area contributed by atoms with Crippen LogP contribution >= 0.6 is 0 Å². The van der Waals surface area contributed by atoms with Crippen molar-refractivity contribution in [2.75, 3.05) is 5.32 Å². The van der Waals surface area contributed by atoms with Gasteiger partial charge in [0, 0.05) is 29.3 Å². The number of aromatic nitrogens is 2. The number of carboxylic acid groups (broad SMARTS) is 1. The molecule has 0 saturated heterocycles. The van der Waals surface area contributed by atoms with E-state index < -0.39 is 5.97 Å². The molecule has 0 bridgehead atoms. The Bertz CT molecular complexity index is 1070. The lowest BCUT2D eigenvalue weighted by Gasteiger charge is -2.11. The van der Waals surface area contributed by atoms with Crippen molar-refractivity contribution in [2.45, 2.75) is 0 Å². The number of hydrogen-bond donors (Lipinski definition) is 2. The van der Waals surface area contributed by atoms with Gasteiger partial charge in [-0.25, -0.2) is 9.78 Å². The van der Waals surface area contributed by atoms with Gasteiger partial charge in [0.2, 0.25) is 0 Å². The largest absolute Gasteiger partial charge is 0.478 e. The Labute approximate surface area is 156 Å². The standard InChI is InChI=1S/C22H17N3O2/c26-22(27)19-8-4-5-9-20(19)24-17-12-10-16(11-13-17)21-23-14-15-25(21)18-6-2-1-3-7-18/h1-15,24H,(H,26,27). The number of anilines is 2. The summed E-state index contributed by atoms with van der Waals surface area (Å²) in [6, 6.07) is 24.6. The molecule has 27 heavy (non-hydrogen) atoms. The van der Waals surface area contributed by atoms with Gasteiger partial charge in [-0.1, -0.05) is 30.3 Å². The van der Waals surface area contributed by atoms with Gasteiger partial charge in [0.25, 0.3) is 0 Å². The number of nitrogens with one attached hydrogen (secondary N) is 1. The second-order valence-corrected chi connectivity index (χ2v) is 6.01. The number of imidazole rings is 1. The number of nitrogens with zero attached hydrogens (tertiary/aromatic N) is 2. The van der Waals surface area contributed by atoms with E-state index >= 15 is 0 Å². The van der Waals surface area contributed by atoms with E-state index in [-0.39, 0.29) is 5.56 Å². The summed E-state index contributed by atoms with van der Waals surface area (Å²) in [7, 11) is 0. The molecule has 2 N–H and O–H groups in total. The van der Waals surface area contributed by atoms with Crippen LogP contribution in [-0.2, 0) is 0 Å². The lowest BCUT2D eigenvalue weighted by atomic mass is 10.1. The first kappa shape index (κ1) is 16.6. The van der Waals surface area contributed by atoms with Crippen LogP contribution < -0.4 is 5.32 Å². The van der Waals surface area contributed by atoms with Gasteiger partial charge in [-0.2, -0.15) is 0 Å². The van der Waals surface area contributed by atoms with Crippen LogP contribution in [0, 0.1) is 0 Å². The highest BCUT2D eigenvalue weighted by Gasteiger charge is 2.10. The summed E-state index contributed by atoms with van der Waals surface area (Å²) in [5.74, 6) is -0.113. The molecule has 1 aromatic heterocycles. The van der Waals surface area contributed by atoms with Crippen molar-refractivity contribution in [3.8, 4) is 17.1 Å². The summed E-state index contributed by atoms with van der Waals surface area (Å²) in [6.45, 7) is 0. The lowest BCUT2D eigenvalue weighted by molar-refractivity contribution is 0.0698. The molecule has 0 amide bonds. The maximum absolute atomic E-state index is 11.3. The van der Waals surface area contributed by atoms with E-state index in [1.165, 1.54) is 0 Å². The lowest BCUT2D eigenvalue weighted by Crippen LogP contribution is -2.02. The van der Waals surface area contributed by atoms with Crippen molar-refractivity contribution in [3.05, 3.63) is 96.8 Å². The van der Waals surface area contributed by atoms with Crippen molar-refractivity contribution in [2.24, 2.45) is 0 Å². The third-order valence-electron chi connectivity index (χ3n) is 4.25. The highest BCUT2D eigenvalue weighted by Crippen LogP contribution is 2.25. The minimum atomic E-state index is -0.959. The number of para-hydroxylation sites is 2. The molecule has 3 aromatic carbocycles. The first-order valence-corrected chi connectivity index (χ1v) is 8.51.